The van der Waals surface area contributed by atoms with Gasteiger partial charge >= 0.3 is 0 Å². The summed E-state index contributed by atoms with van der Waals surface area (Å²) in [5.41, 5.74) is 1.30. The van der Waals surface area contributed by atoms with Crippen LogP contribution in [0.4, 0.5) is 11.4 Å². The van der Waals surface area contributed by atoms with Crippen LogP contribution in [0.1, 0.15) is 6.42 Å². The molecule has 1 saturated heterocycles. The summed E-state index contributed by atoms with van der Waals surface area (Å²) in [5, 5.41) is 2.07. The highest BCUT2D eigenvalue weighted by Gasteiger charge is 2.37. The van der Waals surface area contributed by atoms with Gasteiger partial charge in [-0.1, -0.05) is 0 Å². The highest BCUT2D eigenvalue weighted by atomic mass is 32.2. The molecule has 1 heterocycles. The molecule has 0 saturated carbocycles. The first-order chi connectivity index (χ1) is 8.82. The van der Waals surface area contributed by atoms with Crippen LogP contribution in [-0.4, -0.2) is 40.6 Å². The normalized spacial score (nSPS) is 22.1. The molecule has 1 aliphatic rings. The lowest BCUT2D eigenvalue weighted by Crippen LogP contribution is -2.28. The highest BCUT2D eigenvalue weighted by Crippen LogP contribution is 2.22. The second-order valence-corrected chi connectivity index (χ2v) is 8.69. The van der Waals surface area contributed by atoms with Crippen molar-refractivity contribution < 1.29 is 16.8 Å². The Balaban J connectivity index is 2.13. The summed E-state index contributed by atoms with van der Waals surface area (Å²) in [6.07, 6.45) is 0.159. The largest absolute Gasteiger partial charge is 0.388 e. The third-order valence-electron chi connectivity index (χ3n) is 3.06. The molecule has 0 amide bonds. The molecule has 8 heteroatoms. The van der Waals surface area contributed by atoms with Crippen molar-refractivity contribution in [1.82, 2.24) is 0 Å². The minimum Gasteiger partial charge on any atom is -0.388 e. The summed E-state index contributed by atoms with van der Waals surface area (Å²) < 4.78 is 49.2. The molecule has 6 nitrogen and oxygen atoms in total. The van der Waals surface area contributed by atoms with Crippen LogP contribution in [0.15, 0.2) is 24.3 Å². The van der Waals surface area contributed by atoms with Gasteiger partial charge in [-0.2, -0.15) is 0 Å². The van der Waals surface area contributed by atoms with E-state index in [0.29, 0.717) is 5.69 Å². The fourth-order valence-corrected chi connectivity index (χ4v) is 6.05. The number of sulfonamides is 1. The summed E-state index contributed by atoms with van der Waals surface area (Å²) in [6, 6.07) is 6.74. The lowest BCUT2D eigenvalue weighted by molar-refractivity contribution is 0.587. The average molecular weight is 304 g/mol. The van der Waals surface area contributed by atoms with Crippen molar-refractivity contribution in [3.8, 4) is 0 Å². The van der Waals surface area contributed by atoms with Crippen LogP contribution in [-0.2, 0) is 19.9 Å². The average Bonchev–Trinajstić information content (AvgIpc) is 2.71. The molecular formula is C11H16N2O4S2. The Kier molecular flexibility index (Phi) is 3.73. The standard InChI is InChI=1S/C11H16N2O4S2/c1-12-9-2-4-10(5-3-9)13-19(16,17)11-6-7-18(14,15)8-11/h2-5,11-13H,6-8H2,1H3. The first-order valence-corrected chi connectivity index (χ1v) is 9.19. The highest BCUT2D eigenvalue weighted by molar-refractivity contribution is 7.97. The number of anilines is 2. The fourth-order valence-electron chi connectivity index (χ4n) is 1.96. The molecule has 1 atom stereocenters. The molecular weight excluding hydrogens is 288 g/mol. The second-order valence-electron chi connectivity index (χ2n) is 4.50. The SMILES string of the molecule is CNc1ccc(NS(=O)(=O)C2CCS(=O)(=O)C2)cc1. The van der Waals surface area contributed by atoms with Gasteiger partial charge < -0.3 is 5.32 Å². The van der Waals surface area contributed by atoms with Gasteiger partial charge in [0.1, 0.15) is 0 Å². The van der Waals surface area contributed by atoms with Gasteiger partial charge in [0.25, 0.3) is 0 Å². The molecule has 0 bridgehead atoms. The Morgan fingerprint density at radius 1 is 1.16 bits per heavy atom. The Bertz CT molecular complexity index is 650. The smallest absolute Gasteiger partial charge is 0.236 e. The number of sulfone groups is 1. The third kappa shape index (κ3) is 3.38. The maximum absolute atomic E-state index is 12.1. The van der Waals surface area contributed by atoms with E-state index in [4.69, 9.17) is 0 Å². The van der Waals surface area contributed by atoms with E-state index in [1.807, 2.05) is 0 Å². The van der Waals surface area contributed by atoms with Crippen LogP contribution in [0.3, 0.4) is 0 Å². The van der Waals surface area contributed by atoms with Gasteiger partial charge in [0.2, 0.25) is 10.0 Å². The predicted molar refractivity (Wildman–Crippen MR) is 75.6 cm³/mol. The lowest BCUT2D eigenvalue weighted by Gasteiger charge is -2.12. The monoisotopic (exact) mass is 304 g/mol. The van der Waals surface area contributed by atoms with Crippen molar-refractivity contribution in [2.45, 2.75) is 11.7 Å². The zero-order chi connectivity index (χ0) is 14.1. The topological polar surface area (TPSA) is 92.3 Å². The number of rotatable bonds is 4. The quantitative estimate of drug-likeness (QED) is 0.852. The van der Waals surface area contributed by atoms with Crippen LogP contribution >= 0.6 is 0 Å². The Labute approximate surface area is 113 Å². The van der Waals surface area contributed by atoms with Gasteiger partial charge in [-0.25, -0.2) is 16.8 Å². The maximum Gasteiger partial charge on any atom is 0.236 e. The molecule has 1 aromatic carbocycles. The van der Waals surface area contributed by atoms with Gasteiger partial charge in [-0.15, -0.1) is 0 Å². The molecule has 19 heavy (non-hydrogen) atoms. The van der Waals surface area contributed by atoms with Crippen LogP contribution in [0.2, 0.25) is 0 Å². The molecule has 0 radical (unpaired) electrons. The maximum atomic E-state index is 12.1. The minimum atomic E-state index is -3.65. The molecule has 0 aromatic heterocycles. The number of hydrogen-bond acceptors (Lipinski definition) is 5. The third-order valence-corrected chi connectivity index (χ3v) is 6.84. The summed E-state index contributed by atoms with van der Waals surface area (Å²) in [6.45, 7) is 0. The number of hydrogen-bond donors (Lipinski definition) is 2. The van der Waals surface area contributed by atoms with Crippen molar-refractivity contribution in [1.29, 1.82) is 0 Å². The summed E-state index contributed by atoms with van der Waals surface area (Å²) in [4.78, 5) is 0. The van der Waals surface area contributed by atoms with E-state index in [9.17, 15) is 16.8 Å². The second kappa shape index (κ2) is 5.01. The van der Waals surface area contributed by atoms with Crippen molar-refractivity contribution in [3.05, 3.63) is 24.3 Å². The first-order valence-electron chi connectivity index (χ1n) is 5.82. The predicted octanol–water partition coefficient (Wildman–Crippen LogP) is 0.657. The van der Waals surface area contributed by atoms with E-state index in [2.05, 4.69) is 10.0 Å². The van der Waals surface area contributed by atoms with E-state index in [-0.39, 0.29) is 17.9 Å². The summed E-state index contributed by atoms with van der Waals surface area (Å²) in [7, 11) is -5.10. The van der Waals surface area contributed by atoms with Gasteiger partial charge in [-0.3, -0.25) is 4.72 Å². The zero-order valence-electron chi connectivity index (χ0n) is 10.5. The molecule has 2 N–H and O–H groups in total. The molecule has 1 aliphatic heterocycles. The van der Waals surface area contributed by atoms with Crippen molar-refractivity contribution in [2.75, 3.05) is 28.6 Å². The van der Waals surface area contributed by atoms with E-state index in [1.54, 1.807) is 31.3 Å². The van der Waals surface area contributed by atoms with Crippen LogP contribution in [0.25, 0.3) is 0 Å². The molecule has 1 unspecified atom stereocenters. The zero-order valence-corrected chi connectivity index (χ0v) is 12.1. The minimum absolute atomic E-state index is 0.0583. The Morgan fingerprint density at radius 3 is 2.21 bits per heavy atom. The van der Waals surface area contributed by atoms with Crippen molar-refractivity contribution in [3.63, 3.8) is 0 Å². The molecule has 0 aliphatic carbocycles. The number of nitrogens with one attached hydrogen (secondary N) is 2. The van der Waals surface area contributed by atoms with Crippen molar-refractivity contribution >= 4 is 31.2 Å². The van der Waals surface area contributed by atoms with E-state index in [1.165, 1.54) is 0 Å². The molecule has 0 spiro atoms. The van der Waals surface area contributed by atoms with E-state index >= 15 is 0 Å². The number of benzene rings is 1. The molecule has 106 valence electrons. The lowest BCUT2D eigenvalue weighted by atomic mass is 10.3. The summed E-state index contributed by atoms with van der Waals surface area (Å²) in [5.74, 6) is -0.353. The van der Waals surface area contributed by atoms with Gasteiger partial charge in [0, 0.05) is 18.4 Å². The van der Waals surface area contributed by atoms with Crippen LogP contribution in [0, 0.1) is 0 Å². The fraction of sp³-hybridized carbons (Fsp3) is 0.455. The Morgan fingerprint density at radius 2 is 1.74 bits per heavy atom. The van der Waals surface area contributed by atoms with Crippen molar-refractivity contribution in [2.24, 2.45) is 0 Å². The van der Waals surface area contributed by atoms with Gasteiger partial charge in [0.15, 0.2) is 9.84 Å². The van der Waals surface area contributed by atoms with E-state index < -0.39 is 25.1 Å². The van der Waals surface area contributed by atoms with Gasteiger partial charge in [0.05, 0.1) is 16.8 Å². The molecule has 2 rings (SSSR count). The van der Waals surface area contributed by atoms with E-state index in [0.717, 1.165) is 5.69 Å². The van der Waals surface area contributed by atoms with Crippen LogP contribution in [0.5, 0.6) is 0 Å². The summed E-state index contributed by atoms with van der Waals surface area (Å²) >= 11 is 0. The first kappa shape index (κ1) is 14.1. The Hall–Kier alpha value is -1.28. The van der Waals surface area contributed by atoms with Crippen LogP contribution < -0.4 is 10.0 Å². The molecule has 1 aromatic rings. The molecule has 1 fully saturated rings. The van der Waals surface area contributed by atoms with Gasteiger partial charge in [-0.05, 0) is 30.7 Å².